The van der Waals surface area contributed by atoms with Crippen molar-refractivity contribution in [1.29, 1.82) is 0 Å². The van der Waals surface area contributed by atoms with E-state index in [1.165, 1.54) is 0 Å². The Morgan fingerprint density at radius 3 is 2.36 bits per heavy atom. The fourth-order valence-electron chi connectivity index (χ4n) is 1.83. The number of carbonyl (C=O) groups is 1. The standard InChI is InChI=1S/C9H14F3NO/c1-8(2)4-3-6(5-8)13-7(14)9(10,11)12/h6H,3-5H2,1-2H3,(H,13,14). The Labute approximate surface area is 80.9 Å². The minimum Gasteiger partial charge on any atom is -0.346 e. The predicted octanol–water partition coefficient (Wildman–Crippen LogP) is 2.24. The zero-order valence-electron chi connectivity index (χ0n) is 8.24. The Morgan fingerprint density at radius 2 is 2.00 bits per heavy atom. The molecule has 1 N–H and O–H groups in total. The fourth-order valence-corrected chi connectivity index (χ4v) is 1.83. The third-order valence-electron chi connectivity index (χ3n) is 2.56. The van der Waals surface area contributed by atoms with Crippen LogP contribution in [0.2, 0.25) is 0 Å². The van der Waals surface area contributed by atoms with Crippen molar-refractivity contribution in [2.45, 2.75) is 45.3 Å². The van der Waals surface area contributed by atoms with Gasteiger partial charge in [0.05, 0.1) is 0 Å². The van der Waals surface area contributed by atoms with Crippen LogP contribution in [0.15, 0.2) is 0 Å². The minimum atomic E-state index is -4.76. The molecular weight excluding hydrogens is 195 g/mol. The molecule has 2 nitrogen and oxygen atoms in total. The third kappa shape index (κ3) is 2.89. The van der Waals surface area contributed by atoms with Gasteiger partial charge in [0.2, 0.25) is 0 Å². The highest BCUT2D eigenvalue weighted by molar-refractivity contribution is 5.81. The van der Waals surface area contributed by atoms with E-state index in [0.29, 0.717) is 12.8 Å². The molecule has 0 heterocycles. The average Bonchev–Trinajstić information content (AvgIpc) is 2.28. The van der Waals surface area contributed by atoms with Crippen molar-refractivity contribution in [1.82, 2.24) is 5.32 Å². The van der Waals surface area contributed by atoms with Gasteiger partial charge >= 0.3 is 12.1 Å². The maximum Gasteiger partial charge on any atom is 0.471 e. The molecule has 0 saturated heterocycles. The molecule has 1 fully saturated rings. The second kappa shape index (κ2) is 3.44. The Morgan fingerprint density at radius 1 is 1.43 bits per heavy atom. The van der Waals surface area contributed by atoms with E-state index >= 15 is 0 Å². The summed E-state index contributed by atoms with van der Waals surface area (Å²) in [6, 6.07) is -0.320. The molecule has 0 bridgehead atoms. The van der Waals surface area contributed by atoms with E-state index < -0.39 is 12.1 Å². The van der Waals surface area contributed by atoms with Crippen molar-refractivity contribution in [2.24, 2.45) is 5.41 Å². The molecule has 1 amide bonds. The van der Waals surface area contributed by atoms with E-state index in [2.05, 4.69) is 0 Å². The number of carbonyl (C=O) groups excluding carboxylic acids is 1. The molecule has 1 atom stereocenters. The van der Waals surface area contributed by atoms with Gasteiger partial charge in [0, 0.05) is 6.04 Å². The van der Waals surface area contributed by atoms with Gasteiger partial charge in [-0.1, -0.05) is 13.8 Å². The molecule has 14 heavy (non-hydrogen) atoms. The highest BCUT2D eigenvalue weighted by atomic mass is 19.4. The van der Waals surface area contributed by atoms with Gasteiger partial charge in [0.1, 0.15) is 0 Å². The molecule has 1 rings (SSSR count). The smallest absolute Gasteiger partial charge is 0.346 e. The van der Waals surface area contributed by atoms with Gasteiger partial charge in [0.25, 0.3) is 0 Å². The molecule has 1 unspecified atom stereocenters. The summed E-state index contributed by atoms with van der Waals surface area (Å²) in [5.41, 5.74) is 0.0452. The topological polar surface area (TPSA) is 29.1 Å². The van der Waals surface area contributed by atoms with Crippen LogP contribution >= 0.6 is 0 Å². The van der Waals surface area contributed by atoms with E-state index in [0.717, 1.165) is 6.42 Å². The van der Waals surface area contributed by atoms with Gasteiger partial charge < -0.3 is 5.32 Å². The quantitative estimate of drug-likeness (QED) is 0.705. The number of nitrogens with one attached hydrogen (secondary N) is 1. The number of hydrogen-bond acceptors (Lipinski definition) is 1. The first kappa shape index (κ1) is 11.3. The SMILES string of the molecule is CC1(C)CCC(NC(=O)C(F)(F)F)C1. The van der Waals surface area contributed by atoms with Gasteiger partial charge in [-0.15, -0.1) is 0 Å². The molecule has 0 aliphatic heterocycles. The maximum atomic E-state index is 11.9. The largest absolute Gasteiger partial charge is 0.471 e. The van der Waals surface area contributed by atoms with Crippen LogP contribution in [0.5, 0.6) is 0 Å². The van der Waals surface area contributed by atoms with Crippen molar-refractivity contribution in [2.75, 3.05) is 0 Å². The lowest BCUT2D eigenvalue weighted by molar-refractivity contribution is -0.174. The summed E-state index contributed by atoms with van der Waals surface area (Å²) in [5, 5.41) is 2.01. The van der Waals surface area contributed by atoms with Gasteiger partial charge in [-0.2, -0.15) is 13.2 Å². The molecule has 0 radical (unpaired) electrons. The van der Waals surface area contributed by atoms with Crippen LogP contribution in [0.4, 0.5) is 13.2 Å². The molecule has 1 aliphatic carbocycles. The van der Waals surface area contributed by atoms with E-state index in [1.54, 1.807) is 0 Å². The number of hydrogen-bond donors (Lipinski definition) is 1. The Balaban J connectivity index is 2.44. The highest BCUT2D eigenvalue weighted by Crippen LogP contribution is 2.37. The van der Waals surface area contributed by atoms with Gasteiger partial charge in [-0.05, 0) is 24.7 Å². The zero-order valence-corrected chi connectivity index (χ0v) is 8.24. The monoisotopic (exact) mass is 209 g/mol. The number of amides is 1. The molecule has 82 valence electrons. The highest BCUT2D eigenvalue weighted by Gasteiger charge is 2.41. The van der Waals surface area contributed by atoms with Gasteiger partial charge in [-0.3, -0.25) is 4.79 Å². The van der Waals surface area contributed by atoms with Crippen molar-refractivity contribution in [3.63, 3.8) is 0 Å². The van der Waals surface area contributed by atoms with Crippen LogP contribution in [0.3, 0.4) is 0 Å². The van der Waals surface area contributed by atoms with Crippen molar-refractivity contribution in [3.8, 4) is 0 Å². The first-order valence-corrected chi connectivity index (χ1v) is 4.58. The second-order valence-electron chi connectivity index (χ2n) is 4.58. The molecule has 0 aromatic heterocycles. The summed E-state index contributed by atoms with van der Waals surface area (Å²) in [6.45, 7) is 3.99. The van der Waals surface area contributed by atoms with Gasteiger partial charge in [-0.25, -0.2) is 0 Å². The van der Waals surface area contributed by atoms with Crippen LogP contribution in [-0.4, -0.2) is 18.1 Å². The van der Waals surface area contributed by atoms with Crippen molar-refractivity contribution >= 4 is 5.91 Å². The summed E-state index contributed by atoms with van der Waals surface area (Å²) >= 11 is 0. The lowest BCUT2D eigenvalue weighted by Gasteiger charge is -2.18. The van der Waals surface area contributed by atoms with E-state index in [9.17, 15) is 18.0 Å². The number of halogens is 3. The molecule has 0 aromatic rings. The molecule has 0 aromatic carbocycles. The van der Waals surface area contributed by atoms with Crippen molar-refractivity contribution < 1.29 is 18.0 Å². The Hall–Kier alpha value is -0.740. The molecule has 1 saturated carbocycles. The first-order valence-electron chi connectivity index (χ1n) is 4.58. The summed E-state index contributed by atoms with van der Waals surface area (Å²) in [4.78, 5) is 10.6. The molecule has 5 heteroatoms. The van der Waals surface area contributed by atoms with Crippen LogP contribution in [0.1, 0.15) is 33.1 Å². The fraction of sp³-hybridized carbons (Fsp3) is 0.889. The zero-order chi connectivity index (χ0) is 11.0. The van der Waals surface area contributed by atoms with Crippen LogP contribution in [0, 0.1) is 5.41 Å². The molecule has 0 spiro atoms. The lowest BCUT2D eigenvalue weighted by Crippen LogP contribution is -2.42. The lowest BCUT2D eigenvalue weighted by atomic mass is 9.92. The van der Waals surface area contributed by atoms with E-state index in [-0.39, 0.29) is 11.5 Å². The minimum absolute atomic E-state index is 0.0452. The summed E-state index contributed by atoms with van der Waals surface area (Å²) in [6.07, 6.45) is -2.65. The summed E-state index contributed by atoms with van der Waals surface area (Å²) < 4.78 is 35.6. The number of rotatable bonds is 1. The van der Waals surface area contributed by atoms with E-state index in [1.807, 2.05) is 19.2 Å². The molecule has 1 aliphatic rings. The van der Waals surface area contributed by atoms with Crippen molar-refractivity contribution in [3.05, 3.63) is 0 Å². The summed E-state index contributed by atoms with van der Waals surface area (Å²) in [5.74, 6) is -1.82. The maximum absolute atomic E-state index is 11.9. The average molecular weight is 209 g/mol. The third-order valence-corrected chi connectivity index (χ3v) is 2.56. The molecular formula is C9H14F3NO. The normalized spacial score (nSPS) is 26.2. The first-order chi connectivity index (χ1) is 6.21. The number of alkyl halides is 3. The Kier molecular flexibility index (Phi) is 2.78. The Bertz CT molecular complexity index is 235. The van der Waals surface area contributed by atoms with Crippen LogP contribution in [-0.2, 0) is 4.79 Å². The van der Waals surface area contributed by atoms with Gasteiger partial charge in [0.15, 0.2) is 0 Å². The van der Waals surface area contributed by atoms with E-state index in [4.69, 9.17) is 0 Å². The summed E-state index contributed by atoms with van der Waals surface area (Å²) in [7, 11) is 0. The van der Waals surface area contributed by atoms with Crippen LogP contribution in [0.25, 0.3) is 0 Å². The second-order valence-corrected chi connectivity index (χ2v) is 4.58. The van der Waals surface area contributed by atoms with Crippen LogP contribution < -0.4 is 5.32 Å². The predicted molar refractivity (Wildman–Crippen MR) is 45.6 cm³/mol.